The van der Waals surface area contributed by atoms with Gasteiger partial charge in [-0.2, -0.15) is 0 Å². The molecule has 0 bridgehead atoms. The number of hydrogen-bond donors (Lipinski definition) is 3. The van der Waals surface area contributed by atoms with Crippen molar-refractivity contribution in [2.24, 2.45) is 0 Å². The first-order chi connectivity index (χ1) is 16.0. The summed E-state index contributed by atoms with van der Waals surface area (Å²) < 4.78 is 6.06. The Morgan fingerprint density at radius 1 is 0.939 bits per heavy atom. The van der Waals surface area contributed by atoms with Crippen LogP contribution in [0.15, 0.2) is 72.8 Å². The summed E-state index contributed by atoms with van der Waals surface area (Å²) in [6.45, 7) is 0. The number of carbonyl (C=O) groups is 2. The number of carbonyl (C=O) groups excluding carboxylic acids is 2. The fraction of sp³-hybridized carbons (Fsp3) is 0.0417. The summed E-state index contributed by atoms with van der Waals surface area (Å²) in [6.07, 6.45) is 0. The molecule has 0 radical (unpaired) electrons. The minimum absolute atomic E-state index is 0.0473. The van der Waals surface area contributed by atoms with E-state index in [0.717, 1.165) is 10.1 Å². The largest absolute Gasteiger partial charge is 0.497 e. The fourth-order valence-corrected chi connectivity index (χ4v) is 4.79. The molecule has 0 aliphatic rings. The van der Waals surface area contributed by atoms with Crippen molar-refractivity contribution in [1.29, 1.82) is 0 Å². The van der Waals surface area contributed by atoms with E-state index in [-0.39, 0.29) is 11.0 Å². The van der Waals surface area contributed by atoms with E-state index in [9.17, 15) is 9.59 Å². The van der Waals surface area contributed by atoms with E-state index in [2.05, 4.69) is 16.0 Å². The van der Waals surface area contributed by atoms with E-state index in [4.69, 9.17) is 28.6 Å². The molecule has 0 saturated heterocycles. The van der Waals surface area contributed by atoms with Gasteiger partial charge in [0.2, 0.25) is 0 Å². The Balaban J connectivity index is 1.48. The molecule has 1 aromatic heterocycles. The number of thiophene rings is 1. The second kappa shape index (κ2) is 9.99. The number of para-hydroxylation sites is 2. The van der Waals surface area contributed by atoms with Gasteiger partial charge in [0.15, 0.2) is 5.11 Å². The minimum Gasteiger partial charge on any atom is -0.497 e. The first-order valence-corrected chi connectivity index (χ1v) is 11.4. The predicted octanol–water partition coefficient (Wildman–Crippen LogP) is 5.94. The summed E-state index contributed by atoms with van der Waals surface area (Å²) in [6, 6.07) is 21.4. The average Bonchev–Trinajstić information content (AvgIpc) is 3.15. The van der Waals surface area contributed by atoms with Gasteiger partial charge in [0.25, 0.3) is 11.8 Å². The highest BCUT2D eigenvalue weighted by Gasteiger charge is 2.19. The lowest BCUT2D eigenvalue weighted by Crippen LogP contribution is -2.34. The summed E-state index contributed by atoms with van der Waals surface area (Å²) in [7, 11) is 1.58. The lowest BCUT2D eigenvalue weighted by atomic mass is 10.1. The standard InChI is InChI=1S/C24H18ClN3O3S2/c1-31-15-11-12-17-19(13-15)33-21(20(17)25)23(30)28-24(32)27-18-10-6-5-9-16(18)22(29)26-14-7-3-2-4-8-14/h2-13H,1H3,(H,26,29)(H2,27,28,30,32). The smallest absolute Gasteiger partial charge is 0.269 e. The lowest BCUT2D eigenvalue weighted by Gasteiger charge is -2.13. The van der Waals surface area contributed by atoms with Crippen molar-refractivity contribution in [3.8, 4) is 5.75 Å². The Kier molecular flexibility index (Phi) is 6.88. The number of anilines is 2. The van der Waals surface area contributed by atoms with Gasteiger partial charge in [-0.1, -0.05) is 41.9 Å². The van der Waals surface area contributed by atoms with Crippen LogP contribution < -0.4 is 20.7 Å². The molecule has 0 fully saturated rings. The first kappa shape index (κ1) is 22.7. The Hall–Kier alpha value is -3.46. The van der Waals surface area contributed by atoms with Crippen LogP contribution in [0.1, 0.15) is 20.0 Å². The van der Waals surface area contributed by atoms with Crippen molar-refractivity contribution in [2.45, 2.75) is 0 Å². The lowest BCUT2D eigenvalue weighted by molar-refractivity contribution is 0.0980. The second-order valence-electron chi connectivity index (χ2n) is 6.88. The van der Waals surface area contributed by atoms with Gasteiger partial charge in [-0.25, -0.2) is 0 Å². The van der Waals surface area contributed by atoms with Crippen LogP contribution in [-0.2, 0) is 0 Å². The van der Waals surface area contributed by atoms with E-state index in [1.54, 1.807) is 49.6 Å². The van der Waals surface area contributed by atoms with Crippen molar-refractivity contribution in [1.82, 2.24) is 5.32 Å². The topological polar surface area (TPSA) is 79.5 Å². The number of hydrogen-bond acceptors (Lipinski definition) is 5. The number of amides is 2. The molecule has 1 heterocycles. The van der Waals surface area contributed by atoms with E-state index in [1.807, 2.05) is 30.3 Å². The van der Waals surface area contributed by atoms with E-state index >= 15 is 0 Å². The van der Waals surface area contributed by atoms with Crippen LogP contribution in [0.5, 0.6) is 5.75 Å². The molecule has 3 aromatic carbocycles. The van der Waals surface area contributed by atoms with Crippen LogP contribution in [0, 0.1) is 0 Å². The Labute approximate surface area is 204 Å². The molecule has 6 nitrogen and oxygen atoms in total. The van der Waals surface area contributed by atoms with E-state index in [1.165, 1.54) is 11.3 Å². The summed E-state index contributed by atoms with van der Waals surface area (Å²) in [5.41, 5.74) is 1.51. The molecule has 2 amide bonds. The zero-order valence-electron chi connectivity index (χ0n) is 17.3. The number of fused-ring (bicyclic) bond motifs is 1. The first-order valence-electron chi connectivity index (χ1n) is 9.80. The monoisotopic (exact) mass is 495 g/mol. The van der Waals surface area contributed by atoms with Gasteiger partial charge in [0.1, 0.15) is 10.6 Å². The number of ether oxygens (including phenoxy) is 1. The molecule has 4 aromatic rings. The van der Waals surface area contributed by atoms with Crippen LogP contribution in [0.25, 0.3) is 10.1 Å². The van der Waals surface area contributed by atoms with Crippen molar-refractivity contribution in [3.63, 3.8) is 0 Å². The SMILES string of the molecule is COc1ccc2c(Cl)c(C(=O)NC(=S)Nc3ccccc3C(=O)Nc3ccccc3)sc2c1. The number of methoxy groups -OCH3 is 1. The summed E-state index contributed by atoms with van der Waals surface area (Å²) >= 11 is 13.0. The summed E-state index contributed by atoms with van der Waals surface area (Å²) in [5.74, 6) is -0.0706. The molecular weight excluding hydrogens is 478 g/mol. The number of benzene rings is 3. The number of thiocarbonyl (C=S) groups is 1. The Morgan fingerprint density at radius 2 is 1.67 bits per heavy atom. The molecule has 0 aliphatic heterocycles. The molecule has 33 heavy (non-hydrogen) atoms. The summed E-state index contributed by atoms with van der Waals surface area (Å²) in [4.78, 5) is 25.9. The van der Waals surface area contributed by atoms with Gasteiger partial charge in [-0.15, -0.1) is 11.3 Å². The van der Waals surface area contributed by atoms with Gasteiger partial charge in [-0.3, -0.25) is 14.9 Å². The van der Waals surface area contributed by atoms with Crippen LogP contribution >= 0.6 is 35.2 Å². The normalized spacial score (nSPS) is 10.5. The second-order valence-corrected chi connectivity index (χ2v) is 8.72. The molecule has 0 spiro atoms. The molecule has 166 valence electrons. The highest BCUT2D eigenvalue weighted by Crippen LogP contribution is 2.37. The van der Waals surface area contributed by atoms with Gasteiger partial charge in [0.05, 0.1) is 23.4 Å². The molecule has 0 aliphatic carbocycles. The number of nitrogens with one attached hydrogen (secondary N) is 3. The number of rotatable bonds is 5. The molecule has 3 N–H and O–H groups in total. The third kappa shape index (κ3) is 5.14. The maximum absolute atomic E-state index is 12.8. The maximum Gasteiger partial charge on any atom is 0.269 e. The van der Waals surface area contributed by atoms with Crippen molar-refractivity contribution < 1.29 is 14.3 Å². The highest BCUT2D eigenvalue weighted by atomic mass is 35.5. The zero-order valence-corrected chi connectivity index (χ0v) is 19.7. The average molecular weight is 496 g/mol. The van der Waals surface area contributed by atoms with Crippen molar-refractivity contribution >= 4 is 73.5 Å². The van der Waals surface area contributed by atoms with Crippen LogP contribution in [0.4, 0.5) is 11.4 Å². The van der Waals surface area contributed by atoms with Crippen molar-refractivity contribution in [2.75, 3.05) is 17.7 Å². The molecule has 0 unspecified atom stereocenters. The summed E-state index contributed by atoms with van der Waals surface area (Å²) in [5, 5.41) is 9.55. The van der Waals surface area contributed by atoms with Gasteiger partial charge in [0, 0.05) is 15.8 Å². The maximum atomic E-state index is 12.8. The quantitative estimate of drug-likeness (QED) is 0.298. The van der Waals surface area contributed by atoms with Gasteiger partial charge >= 0.3 is 0 Å². The molecule has 0 saturated carbocycles. The molecule has 9 heteroatoms. The van der Waals surface area contributed by atoms with Crippen molar-refractivity contribution in [3.05, 3.63) is 88.3 Å². The fourth-order valence-electron chi connectivity index (χ4n) is 3.14. The molecule has 0 atom stereocenters. The molecule has 4 rings (SSSR count). The Morgan fingerprint density at radius 3 is 2.42 bits per heavy atom. The molecular formula is C24H18ClN3O3S2. The predicted molar refractivity (Wildman–Crippen MR) is 138 cm³/mol. The van der Waals surface area contributed by atoms with Crippen LogP contribution in [0.2, 0.25) is 5.02 Å². The minimum atomic E-state index is -0.441. The van der Waals surface area contributed by atoms with E-state index < -0.39 is 5.91 Å². The zero-order chi connectivity index (χ0) is 23.4. The highest BCUT2D eigenvalue weighted by molar-refractivity contribution is 7.80. The Bertz CT molecular complexity index is 1360. The van der Waals surface area contributed by atoms with Crippen LogP contribution in [-0.4, -0.2) is 24.0 Å². The van der Waals surface area contributed by atoms with Gasteiger partial charge in [-0.05, 0) is 54.7 Å². The van der Waals surface area contributed by atoms with Crippen LogP contribution in [0.3, 0.4) is 0 Å². The third-order valence-corrected chi connectivity index (χ3v) is 6.58. The number of halogens is 1. The third-order valence-electron chi connectivity index (χ3n) is 4.72. The van der Waals surface area contributed by atoms with E-state index in [0.29, 0.717) is 32.6 Å². The van der Waals surface area contributed by atoms with Gasteiger partial charge < -0.3 is 15.4 Å².